The molecule has 8 heteroatoms. The van der Waals surface area contributed by atoms with Gasteiger partial charge in [-0.3, -0.25) is 4.90 Å². The van der Waals surface area contributed by atoms with Crippen LogP contribution in [0.4, 0.5) is 13.2 Å². The number of alkyl halides is 3. The molecular weight excluding hydrogens is 425 g/mol. The molecule has 31 heavy (non-hydrogen) atoms. The average Bonchev–Trinajstić information content (AvgIpc) is 3.39. The number of aliphatic hydroxyl groups excluding tert-OH is 1. The molecule has 1 fully saturated rings. The first-order valence-electron chi connectivity index (χ1n) is 10.3. The summed E-state index contributed by atoms with van der Waals surface area (Å²) in [7, 11) is 0. The van der Waals surface area contributed by atoms with Gasteiger partial charge in [0.25, 0.3) is 0 Å². The van der Waals surface area contributed by atoms with Crippen LogP contribution in [0.5, 0.6) is 0 Å². The fourth-order valence-corrected chi connectivity index (χ4v) is 4.81. The van der Waals surface area contributed by atoms with Crippen molar-refractivity contribution in [1.82, 2.24) is 9.88 Å². The highest BCUT2D eigenvalue weighted by Gasteiger charge is 2.36. The van der Waals surface area contributed by atoms with E-state index < -0.39 is 17.2 Å². The van der Waals surface area contributed by atoms with Crippen molar-refractivity contribution in [3.05, 3.63) is 64.4 Å². The third-order valence-corrected chi connectivity index (χ3v) is 6.94. The van der Waals surface area contributed by atoms with E-state index in [1.165, 1.54) is 12.1 Å². The molecule has 1 aliphatic heterocycles. The van der Waals surface area contributed by atoms with Crippen LogP contribution >= 0.6 is 11.3 Å². The molecule has 0 spiro atoms. The molecule has 1 aliphatic rings. The van der Waals surface area contributed by atoms with Crippen LogP contribution < -0.4 is 0 Å². The van der Waals surface area contributed by atoms with Crippen molar-refractivity contribution in [3.8, 4) is 10.8 Å². The number of aliphatic hydroxyl groups is 1. The van der Waals surface area contributed by atoms with E-state index in [-0.39, 0.29) is 6.61 Å². The van der Waals surface area contributed by atoms with Crippen molar-refractivity contribution in [3.63, 3.8) is 0 Å². The van der Waals surface area contributed by atoms with E-state index in [0.29, 0.717) is 37.3 Å². The molecular formula is C23H25F3N2O2S. The number of nitrogens with zero attached hydrogens (tertiary/aromatic N) is 2. The molecule has 2 aromatic heterocycles. The zero-order chi connectivity index (χ0) is 22.1. The van der Waals surface area contributed by atoms with E-state index in [1.807, 2.05) is 24.4 Å². The third-order valence-electron chi connectivity index (χ3n) is 6.08. The quantitative estimate of drug-likeness (QED) is 0.535. The predicted molar refractivity (Wildman–Crippen MR) is 114 cm³/mol. The second-order valence-corrected chi connectivity index (χ2v) is 9.26. The zero-order valence-corrected chi connectivity index (χ0v) is 18.1. The van der Waals surface area contributed by atoms with Crippen LogP contribution in [0.3, 0.4) is 0 Å². The number of piperidine rings is 1. The molecule has 0 saturated carbocycles. The van der Waals surface area contributed by atoms with E-state index in [0.717, 1.165) is 35.5 Å². The molecule has 4 nitrogen and oxygen atoms in total. The van der Waals surface area contributed by atoms with Crippen LogP contribution in [0.1, 0.15) is 35.4 Å². The number of rotatable bonds is 6. The minimum Gasteiger partial charge on any atom is -0.440 e. The highest BCUT2D eigenvalue weighted by Crippen LogP contribution is 2.37. The highest BCUT2D eigenvalue weighted by molar-refractivity contribution is 7.13. The smallest absolute Gasteiger partial charge is 0.416 e. The minimum atomic E-state index is -4.36. The molecule has 0 radical (unpaired) electrons. The largest absolute Gasteiger partial charge is 0.440 e. The number of oxazole rings is 1. The topological polar surface area (TPSA) is 49.5 Å². The number of likely N-dealkylation sites (tertiary alicyclic amines) is 1. The van der Waals surface area contributed by atoms with Crippen molar-refractivity contribution in [2.75, 3.05) is 19.7 Å². The molecule has 1 saturated heterocycles. The van der Waals surface area contributed by atoms with Gasteiger partial charge in [-0.25, -0.2) is 4.98 Å². The molecule has 0 bridgehead atoms. The lowest BCUT2D eigenvalue weighted by Gasteiger charge is -2.41. The van der Waals surface area contributed by atoms with Crippen molar-refractivity contribution in [1.29, 1.82) is 0 Å². The average molecular weight is 451 g/mol. The summed E-state index contributed by atoms with van der Waals surface area (Å²) in [5, 5.41) is 12.1. The van der Waals surface area contributed by atoms with E-state index in [2.05, 4.69) is 9.88 Å². The van der Waals surface area contributed by atoms with Crippen molar-refractivity contribution in [2.24, 2.45) is 5.41 Å². The summed E-state index contributed by atoms with van der Waals surface area (Å²) >= 11 is 1.58. The Balaban J connectivity index is 1.40. The number of benzene rings is 1. The number of hydrogen-bond acceptors (Lipinski definition) is 5. The number of aryl methyl sites for hydroxylation is 1. The molecule has 0 aliphatic carbocycles. The first-order valence-corrected chi connectivity index (χ1v) is 11.2. The maximum absolute atomic E-state index is 13.0. The summed E-state index contributed by atoms with van der Waals surface area (Å²) in [4.78, 5) is 7.91. The highest BCUT2D eigenvalue weighted by atomic mass is 32.1. The Morgan fingerprint density at radius 3 is 2.61 bits per heavy atom. The summed E-state index contributed by atoms with van der Waals surface area (Å²) in [5.74, 6) is 1.43. The maximum atomic E-state index is 13.0. The van der Waals surface area contributed by atoms with Crippen LogP contribution in [0, 0.1) is 12.3 Å². The number of halogens is 3. The number of hydrogen-bond donors (Lipinski definition) is 1. The van der Waals surface area contributed by atoms with Crippen LogP contribution in [0.2, 0.25) is 0 Å². The summed E-state index contributed by atoms with van der Waals surface area (Å²) in [6.45, 7) is 4.03. The van der Waals surface area contributed by atoms with Gasteiger partial charge in [0, 0.05) is 13.2 Å². The van der Waals surface area contributed by atoms with Gasteiger partial charge in [0.15, 0.2) is 0 Å². The third kappa shape index (κ3) is 5.02. The fraction of sp³-hybridized carbons (Fsp3) is 0.435. The Morgan fingerprint density at radius 1 is 1.19 bits per heavy atom. The molecule has 0 atom stereocenters. The van der Waals surface area contributed by atoms with Gasteiger partial charge in [-0.05, 0) is 67.8 Å². The predicted octanol–water partition coefficient (Wildman–Crippen LogP) is 5.55. The normalized spacial score (nSPS) is 17.2. The van der Waals surface area contributed by atoms with Gasteiger partial charge in [-0.1, -0.05) is 24.3 Å². The monoisotopic (exact) mass is 450 g/mol. The van der Waals surface area contributed by atoms with E-state index >= 15 is 0 Å². The molecule has 166 valence electrons. The van der Waals surface area contributed by atoms with E-state index in [4.69, 9.17) is 4.42 Å². The Hall–Kier alpha value is -2.16. The van der Waals surface area contributed by atoms with E-state index in [9.17, 15) is 18.3 Å². The molecule has 1 N–H and O–H groups in total. The summed E-state index contributed by atoms with van der Waals surface area (Å²) in [5.41, 5.74) is 0.475. The summed E-state index contributed by atoms with van der Waals surface area (Å²) in [6.07, 6.45) is -2.49. The van der Waals surface area contributed by atoms with Gasteiger partial charge < -0.3 is 9.52 Å². The first-order chi connectivity index (χ1) is 14.8. The van der Waals surface area contributed by atoms with Crippen LogP contribution in [-0.4, -0.2) is 34.7 Å². The van der Waals surface area contributed by atoms with Gasteiger partial charge in [0.05, 0.1) is 16.1 Å². The summed E-state index contributed by atoms with van der Waals surface area (Å²) < 4.78 is 44.9. The van der Waals surface area contributed by atoms with Gasteiger partial charge in [-0.15, -0.1) is 11.3 Å². The lowest BCUT2D eigenvalue weighted by atomic mass is 9.74. The molecule has 0 amide bonds. The molecule has 0 unspecified atom stereocenters. The SMILES string of the molecule is Cc1oc(-c2cccs2)nc1CN1CCC(CO)(Cc2cccc(C(F)(F)F)c2)CC1. The molecule has 3 heterocycles. The second-order valence-electron chi connectivity index (χ2n) is 8.31. The van der Waals surface area contributed by atoms with Gasteiger partial charge in [-0.2, -0.15) is 13.2 Å². The zero-order valence-electron chi connectivity index (χ0n) is 17.3. The van der Waals surface area contributed by atoms with Gasteiger partial charge in [0.1, 0.15) is 5.76 Å². The van der Waals surface area contributed by atoms with Crippen molar-refractivity contribution < 1.29 is 22.7 Å². The Morgan fingerprint density at radius 2 is 1.97 bits per heavy atom. The standard InChI is InChI=1S/C23H25F3N2O2S/c1-16-19(27-21(30-16)20-6-3-11-31-20)14-28-9-7-22(15-29,8-10-28)13-17-4-2-5-18(12-17)23(24,25)26/h2-6,11-12,29H,7-10,13-15H2,1H3. The molecule has 1 aromatic carbocycles. The number of aromatic nitrogens is 1. The van der Waals surface area contributed by atoms with E-state index in [1.54, 1.807) is 17.4 Å². The lowest BCUT2D eigenvalue weighted by molar-refractivity contribution is -0.137. The second kappa shape index (κ2) is 8.76. The van der Waals surface area contributed by atoms with Gasteiger partial charge in [0.2, 0.25) is 5.89 Å². The van der Waals surface area contributed by atoms with Crippen LogP contribution in [-0.2, 0) is 19.1 Å². The fourth-order valence-electron chi connectivity index (χ4n) is 4.16. The first kappa shape index (κ1) is 22.0. The van der Waals surface area contributed by atoms with Crippen LogP contribution in [0.25, 0.3) is 10.8 Å². The minimum absolute atomic E-state index is 0.0391. The van der Waals surface area contributed by atoms with Crippen LogP contribution in [0.15, 0.2) is 46.2 Å². The van der Waals surface area contributed by atoms with Gasteiger partial charge >= 0.3 is 6.18 Å². The Kier molecular flexibility index (Phi) is 6.23. The Labute approximate surface area is 183 Å². The Bertz CT molecular complexity index is 1010. The summed E-state index contributed by atoms with van der Waals surface area (Å²) in [6, 6.07) is 9.38. The molecule has 4 rings (SSSR count). The lowest BCUT2D eigenvalue weighted by Crippen LogP contribution is -2.43. The van der Waals surface area contributed by atoms with Crippen molar-refractivity contribution >= 4 is 11.3 Å². The van der Waals surface area contributed by atoms with Crippen molar-refractivity contribution in [2.45, 2.75) is 38.9 Å². The number of thiophene rings is 1. The molecule has 3 aromatic rings. The maximum Gasteiger partial charge on any atom is 0.416 e.